The van der Waals surface area contributed by atoms with E-state index in [0.29, 0.717) is 0 Å². The third-order valence-electron chi connectivity index (χ3n) is 4.68. The first-order chi connectivity index (χ1) is 10.2. The molecule has 0 aromatic carbocycles. The Kier molecular flexibility index (Phi) is 10.6. The van der Waals surface area contributed by atoms with E-state index >= 15 is 0 Å². The van der Waals surface area contributed by atoms with Crippen molar-refractivity contribution in [3.8, 4) is 0 Å². The van der Waals surface area contributed by atoms with Crippen LogP contribution >= 0.6 is 0 Å². The number of nitrogens with zero attached hydrogens (tertiary/aromatic N) is 1. The van der Waals surface area contributed by atoms with E-state index in [1.54, 1.807) is 0 Å². The van der Waals surface area contributed by atoms with E-state index < -0.39 is 5.97 Å². The highest BCUT2D eigenvalue weighted by Crippen LogP contribution is 2.17. The summed E-state index contributed by atoms with van der Waals surface area (Å²) in [5.41, 5.74) is 0. The Balaban J connectivity index is 1.89. The second kappa shape index (κ2) is 12.0. The second-order valence-corrected chi connectivity index (χ2v) is 6.66. The second-order valence-electron chi connectivity index (χ2n) is 6.66. The average molecular weight is 297 g/mol. The first-order valence-electron chi connectivity index (χ1n) is 9.19. The molecule has 1 fully saturated rings. The van der Waals surface area contributed by atoms with Crippen molar-refractivity contribution in [3.63, 3.8) is 0 Å². The molecule has 124 valence electrons. The predicted molar refractivity (Wildman–Crippen MR) is 88.6 cm³/mol. The molecule has 1 saturated heterocycles. The van der Waals surface area contributed by atoms with E-state index in [1.807, 2.05) is 0 Å². The van der Waals surface area contributed by atoms with Crippen LogP contribution in [0.1, 0.15) is 84.0 Å². The van der Waals surface area contributed by atoms with Crippen molar-refractivity contribution in [2.45, 2.75) is 84.0 Å². The zero-order valence-corrected chi connectivity index (χ0v) is 14.0. The molecule has 0 radical (unpaired) electrons. The fraction of sp³-hybridized carbons (Fsp3) is 0.944. The quantitative estimate of drug-likeness (QED) is 0.531. The summed E-state index contributed by atoms with van der Waals surface area (Å²) in [5.74, 6) is -0.732. The molecule has 0 aromatic rings. The maximum Gasteiger partial charge on any atom is 0.307 e. The van der Waals surface area contributed by atoms with E-state index in [0.717, 1.165) is 32.5 Å². The van der Waals surface area contributed by atoms with Crippen LogP contribution in [0.25, 0.3) is 0 Å². The maximum absolute atomic E-state index is 11.0. The van der Waals surface area contributed by atoms with Gasteiger partial charge in [0, 0.05) is 6.54 Å². The molecule has 3 nitrogen and oxygen atoms in total. The van der Waals surface area contributed by atoms with E-state index in [9.17, 15) is 4.79 Å². The summed E-state index contributed by atoms with van der Waals surface area (Å²) in [6.07, 6.45) is 15.6. The summed E-state index contributed by atoms with van der Waals surface area (Å²) in [5, 5.41) is 9.08. The van der Waals surface area contributed by atoms with Crippen LogP contribution in [0.15, 0.2) is 0 Å². The Hall–Kier alpha value is -0.570. The van der Waals surface area contributed by atoms with Crippen molar-refractivity contribution in [2.24, 2.45) is 5.92 Å². The van der Waals surface area contributed by atoms with Crippen molar-refractivity contribution < 1.29 is 9.90 Å². The van der Waals surface area contributed by atoms with Crippen molar-refractivity contribution in [2.75, 3.05) is 19.6 Å². The lowest BCUT2D eigenvalue weighted by atomic mass is 9.98. The number of carbonyl (C=O) groups is 1. The number of hydrogen-bond donors (Lipinski definition) is 1. The van der Waals surface area contributed by atoms with Gasteiger partial charge in [-0.05, 0) is 32.4 Å². The van der Waals surface area contributed by atoms with Crippen LogP contribution in [-0.4, -0.2) is 35.6 Å². The highest BCUT2D eigenvalue weighted by Gasteiger charge is 2.24. The Morgan fingerprint density at radius 1 is 1.00 bits per heavy atom. The van der Waals surface area contributed by atoms with Crippen molar-refractivity contribution in [1.29, 1.82) is 0 Å². The molecule has 1 unspecified atom stereocenters. The summed E-state index contributed by atoms with van der Waals surface area (Å²) in [7, 11) is 0. The number of rotatable bonds is 12. The van der Waals surface area contributed by atoms with Crippen molar-refractivity contribution in [3.05, 3.63) is 0 Å². The molecule has 1 rings (SSSR count). The number of piperidine rings is 1. The Labute approximate surface area is 131 Å². The molecule has 21 heavy (non-hydrogen) atoms. The number of hydrogen-bond acceptors (Lipinski definition) is 2. The smallest absolute Gasteiger partial charge is 0.307 e. The largest absolute Gasteiger partial charge is 0.481 e. The van der Waals surface area contributed by atoms with Crippen molar-refractivity contribution >= 4 is 5.97 Å². The molecule has 3 heteroatoms. The van der Waals surface area contributed by atoms with Gasteiger partial charge < -0.3 is 10.0 Å². The molecule has 0 amide bonds. The summed E-state index contributed by atoms with van der Waals surface area (Å²) in [4.78, 5) is 13.4. The van der Waals surface area contributed by atoms with Gasteiger partial charge in [-0.2, -0.15) is 0 Å². The standard InChI is InChI=1S/C18H35NO2/c1-2-3-4-5-6-7-8-9-10-11-14-19-15-12-13-17(16-19)18(20)21/h17H,2-16H2,1H3,(H,20,21). The minimum absolute atomic E-state index is 0.123. The average Bonchev–Trinajstić information content (AvgIpc) is 2.49. The molecule has 0 aliphatic carbocycles. The Morgan fingerprint density at radius 2 is 1.57 bits per heavy atom. The van der Waals surface area contributed by atoms with E-state index in [4.69, 9.17) is 5.11 Å². The molecule has 1 aliphatic rings. The van der Waals surface area contributed by atoms with Gasteiger partial charge in [0.05, 0.1) is 5.92 Å². The number of aliphatic carboxylic acids is 1. The maximum atomic E-state index is 11.0. The summed E-state index contributed by atoms with van der Waals surface area (Å²) >= 11 is 0. The van der Waals surface area contributed by atoms with Gasteiger partial charge in [-0.25, -0.2) is 0 Å². The number of carboxylic acids is 1. The van der Waals surface area contributed by atoms with Gasteiger partial charge in [0.25, 0.3) is 0 Å². The van der Waals surface area contributed by atoms with Gasteiger partial charge in [0.2, 0.25) is 0 Å². The lowest BCUT2D eigenvalue weighted by Crippen LogP contribution is -2.39. The number of unbranched alkanes of at least 4 members (excludes halogenated alkanes) is 9. The lowest BCUT2D eigenvalue weighted by Gasteiger charge is -2.30. The molecule has 0 bridgehead atoms. The van der Waals surface area contributed by atoms with E-state index in [1.165, 1.54) is 64.2 Å². The molecule has 0 saturated carbocycles. The van der Waals surface area contributed by atoms with E-state index in [-0.39, 0.29) is 5.92 Å². The topological polar surface area (TPSA) is 40.5 Å². The van der Waals surface area contributed by atoms with Crippen LogP contribution in [0.3, 0.4) is 0 Å². The Bertz CT molecular complexity index is 268. The van der Waals surface area contributed by atoms with Crippen LogP contribution in [0.4, 0.5) is 0 Å². The first kappa shape index (κ1) is 18.5. The normalized spacial score (nSPS) is 19.8. The van der Waals surface area contributed by atoms with Crippen LogP contribution in [0, 0.1) is 5.92 Å². The highest BCUT2D eigenvalue weighted by atomic mass is 16.4. The van der Waals surface area contributed by atoms with Crippen LogP contribution in [0.5, 0.6) is 0 Å². The molecular formula is C18H35NO2. The molecular weight excluding hydrogens is 262 g/mol. The number of carboxylic acid groups (broad SMARTS) is 1. The fourth-order valence-corrected chi connectivity index (χ4v) is 3.28. The highest BCUT2D eigenvalue weighted by molar-refractivity contribution is 5.70. The molecule has 0 aromatic heterocycles. The monoisotopic (exact) mass is 297 g/mol. The minimum Gasteiger partial charge on any atom is -0.481 e. The Morgan fingerprint density at radius 3 is 2.14 bits per heavy atom. The lowest BCUT2D eigenvalue weighted by molar-refractivity contribution is -0.143. The zero-order chi connectivity index (χ0) is 15.3. The molecule has 1 aliphatic heterocycles. The first-order valence-corrected chi connectivity index (χ1v) is 9.19. The third kappa shape index (κ3) is 9.13. The summed E-state index contributed by atoms with van der Waals surface area (Å²) < 4.78 is 0. The van der Waals surface area contributed by atoms with Gasteiger partial charge >= 0.3 is 5.97 Å². The molecule has 0 spiro atoms. The van der Waals surface area contributed by atoms with Gasteiger partial charge in [0.1, 0.15) is 0 Å². The van der Waals surface area contributed by atoms with Crippen LogP contribution in [-0.2, 0) is 4.79 Å². The SMILES string of the molecule is CCCCCCCCCCCCN1CCCC(C(=O)O)C1. The van der Waals surface area contributed by atoms with Crippen molar-refractivity contribution in [1.82, 2.24) is 4.90 Å². The van der Waals surface area contributed by atoms with Crippen LogP contribution in [0.2, 0.25) is 0 Å². The van der Waals surface area contributed by atoms with E-state index in [2.05, 4.69) is 11.8 Å². The fourth-order valence-electron chi connectivity index (χ4n) is 3.28. The van der Waals surface area contributed by atoms with Gasteiger partial charge in [0.15, 0.2) is 0 Å². The summed E-state index contributed by atoms with van der Waals surface area (Å²) in [6, 6.07) is 0. The van der Waals surface area contributed by atoms with Gasteiger partial charge in [-0.1, -0.05) is 64.7 Å². The molecule has 1 N–H and O–H groups in total. The van der Waals surface area contributed by atoms with Gasteiger partial charge in [-0.3, -0.25) is 4.79 Å². The predicted octanol–water partition coefficient (Wildman–Crippen LogP) is 4.70. The van der Waals surface area contributed by atoms with Gasteiger partial charge in [-0.15, -0.1) is 0 Å². The summed E-state index contributed by atoms with van der Waals surface area (Å²) in [6.45, 7) is 5.23. The molecule has 1 atom stereocenters. The van der Waals surface area contributed by atoms with Crippen LogP contribution < -0.4 is 0 Å². The third-order valence-corrected chi connectivity index (χ3v) is 4.68. The molecule has 1 heterocycles. The zero-order valence-electron chi connectivity index (χ0n) is 14.0. The number of likely N-dealkylation sites (tertiary alicyclic amines) is 1. The minimum atomic E-state index is -0.609.